The summed E-state index contributed by atoms with van der Waals surface area (Å²) in [6, 6.07) is 1.14. The highest BCUT2D eigenvalue weighted by Gasteiger charge is 2.33. The number of likely N-dealkylation sites (tertiary alicyclic amines) is 1. The topological polar surface area (TPSA) is 52.6 Å². The molecule has 2 unspecified atom stereocenters. The number of hydrogen-bond donors (Lipinski definition) is 2. The molecule has 1 aliphatic carbocycles. The highest BCUT2D eigenvalue weighted by atomic mass is 16.2. The second-order valence-corrected chi connectivity index (χ2v) is 6.50. The summed E-state index contributed by atoms with van der Waals surface area (Å²) in [7, 11) is 0. The Hall–Kier alpha value is -0.610. The number of rotatable bonds is 6. The number of aliphatic hydroxyl groups excluding tert-OH is 1. The van der Waals surface area contributed by atoms with Gasteiger partial charge in [-0.25, -0.2) is 0 Å². The minimum absolute atomic E-state index is 0.0816. The first kappa shape index (κ1) is 14.8. The van der Waals surface area contributed by atoms with Gasteiger partial charge in [-0.15, -0.1) is 0 Å². The van der Waals surface area contributed by atoms with Crippen molar-refractivity contribution >= 4 is 5.91 Å². The molecule has 2 fully saturated rings. The predicted molar refractivity (Wildman–Crippen MR) is 75.8 cm³/mol. The molecule has 110 valence electrons. The summed E-state index contributed by atoms with van der Waals surface area (Å²) < 4.78 is 0. The van der Waals surface area contributed by atoms with Crippen molar-refractivity contribution in [3.05, 3.63) is 0 Å². The average molecular weight is 268 g/mol. The highest BCUT2D eigenvalue weighted by molar-refractivity contribution is 5.78. The Morgan fingerprint density at radius 1 is 1.32 bits per heavy atom. The van der Waals surface area contributed by atoms with Crippen LogP contribution in [0.2, 0.25) is 0 Å². The van der Waals surface area contributed by atoms with Crippen LogP contribution in [0.1, 0.15) is 46.0 Å². The van der Waals surface area contributed by atoms with E-state index < -0.39 is 0 Å². The van der Waals surface area contributed by atoms with E-state index in [1.807, 2.05) is 18.7 Å². The Kier molecular flexibility index (Phi) is 5.22. The fourth-order valence-corrected chi connectivity index (χ4v) is 3.04. The van der Waals surface area contributed by atoms with Gasteiger partial charge in [-0.05, 0) is 38.0 Å². The van der Waals surface area contributed by atoms with Crippen molar-refractivity contribution in [2.45, 2.75) is 58.0 Å². The molecule has 2 rings (SSSR count). The Balaban J connectivity index is 1.91. The second-order valence-electron chi connectivity index (χ2n) is 6.50. The van der Waals surface area contributed by atoms with E-state index in [-0.39, 0.29) is 18.4 Å². The highest BCUT2D eigenvalue weighted by Crippen LogP contribution is 2.26. The van der Waals surface area contributed by atoms with Crippen LogP contribution in [0.25, 0.3) is 0 Å². The molecule has 0 aromatic carbocycles. The van der Waals surface area contributed by atoms with Crippen LogP contribution in [0.15, 0.2) is 0 Å². The fraction of sp³-hybridized carbons (Fsp3) is 0.933. The molecule has 2 atom stereocenters. The molecule has 0 aromatic heterocycles. The predicted octanol–water partition coefficient (Wildman–Crippen LogP) is 1.38. The molecule has 19 heavy (non-hydrogen) atoms. The van der Waals surface area contributed by atoms with E-state index in [4.69, 9.17) is 5.11 Å². The smallest absolute Gasteiger partial charge is 0.225 e. The molecule has 4 nitrogen and oxygen atoms in total. The number of piperidine rings is 1. The third-order valence-electron chi connectivity index (χ3n) is 4.16. The molecule has 0 radical (unpaired) electrons. The SMILES string of the molecule is CC(C)C(=O)N1CC(CCCO)CC(NC2CC2)C1. The fourth-order valence-electron chi connectivity index (χ4n) is 3.04. The molecular formula is C15H28N2O2. The summed E-state index contributed by atoms with van der Waals surface area (Å²) in [5.41, 5.74) is 0. The van der Waals surface area contributed by atoms with Crippen molar-refractivity contribution in [3.8, 4) is 0 Å². The van der Waals surface area contributed by atoms with Crippen molar-refractivity contribution in [3.63, 3.8) is 0 Å². The van der Waals surface area contributed by atoms with Gasteiger partial charge < -0.3 is 15.3 Å². The van der Waals surface area contributed by atoms with E-state index in [2.05, 4.69) is 5.32 Å². The van der Waals surface area contributed by atoms with Gasteiger partial charge in [0.05, 0.1) is 0 Å². The summed E-state index contributed by atoms with van der Waals surface area (Å²) in [6.07, 6.45) is 5.61. The van der Waals surface area contributed by atoms with E-state index in [0.717, 1.165) is 32.4 Å². The van der Waals surface area contributed by atoms with Crippen LogP contribution in [-0.2, 0) is 4.79 Å². The zero-order valence-corrected chi connectivity index (χ0v) is 12.3. The van der Waals surface area contributed by atoms with Gasteiger partial charge in [-0.2, -0.15) is 0 Å². The lowest BCUT2D eigenvalue weighted by molar-refractivity contribution is -0.137. The molecule has 1 saturated heterocycles. The Bertz CT molecular complexity index is 303. The molecule has 0 aromatic rings. The molecule has 2 N–H and O–H groups in total. The van der Waals surface area contributed by atoms with E-state index >= 15 is 0 Å². The van der Waals surface area contributed by atoms with Gasteiger partial charge in [-0.1, -0.05) is 13.8 Å². The number of carbonyl (C=O) groups is 1. The van der Waals surface area contributed by atoms with Crippen molar-refractivity contribution in [2.75, 3.05) is 19.7 Å². The third-order valence-corrected chi connectivity index (χ3v) is 4.16. The van der Waals surface area contributed by atoms with Crippen molar-refractivity contribution in [1.82, 2.24) is 10.2 Å². The lowest BCUT2D eigenvalue weighted by Gasteiger charge is -2.39. The van der Waals surface area contributed by atoms with E-state index in [1.54, 1.807) is 0 Å². The minimum Gasteiger partial charge on any atom is -0.396 e. The van der Waals surface area contributed by atoms with Crippen LogP contribution in [0.3, 0.4) is 0 Å². The first-order chi connectivity index (χ1) is 9.10. The number of amides is 1. The normalized spacial score (nSPS) is 27.9. The average Bonchev–Trinajstić information content (AvgIpc) is 3.19. The van der Waals surface area contributed by atoms with Gasteiger partial charge >= 0.3 is 0 Å². The lowest BCUT2D eigenvalue weighted by atomic mass is 9.89. The third kappa shape index (κ3) is 4.46. The van der Waals surface area contributed by atoms with Crippen molar-refractivity contribution in [2.24, 2.45) is 11.8 Å². The van der Waals surface area contributed by atoms with Crippen molar-refractivity contribution in [1.29, 1.82) is 0 Å². The minimum atomic E-state index is 0.0816. The first-order valence-electron chi connectivity index (χ1n) is 7.75. The molecule has 4 heteroatoms. The summed E-state index contributed by atoms with van der Waals surface area (Å²) >= 11 is 0. The van der Waals surface area contributed by atoms with Gasteiger partial charge in [-0.3, -0.25) is 4.79 Å². The van der Waals surface area contributed by atoms with Crippen LogP contribution < -0.4 is 5.32 Å². The van der Waals surface area contributed by atoms with Gasteiger partial charge in [0.15, 0.2) is 0 Å². The summed E-state index contributed by atoms with van der Waals surface area (Å²) in [4.78, 5) is 14.3. The van der Waals surface area contributed by atoms with Crippen molar-refractivity contribution < 1.29 is 9.90 Å². The van der Waals surface area contributed by atoms with Gasteiger partial charge in [0.1, 0.15) is 0 Å². The first-order valence-corrected chi connectivity index (χ1v) is 7.75. The van der Waals surface area contributed by atoms with Crippen LogP contribution in [-0.4, -0.2) is 47.7 Å². The maximum atomic E-state index is 12.2. The van der Waals surface area contributed by atoms with Gasteiger partial charge in [0.25, 0.3) is 0 Å². The summed E-state index contributed by atoms with van der Waals surface area (Å²) in [5.74, 6) is 0.898. The van der Waals surface area contributed by atoms with Crippen LogP contribution >= 0.6 is 0 Å². The zero-order chi connectivity index (χ0) is 13.8. The van der Waals surface area contributed by atoms with E-state index in [1.165, 1.54) is 12.8 Å². The summed E-state index contributed by atoms with van der Waals surface area (Å²) in [5, 5.41) is 12.7. The lowest BCUT2D eigenvalue weighted by Crippen LogP contribution is -2.52. The largest absolute Gasteiger partial charge is 0.396 e. The van der Waals surface area contributed by atoms with E-state index in [9.17, 15) is 4.79 Å². The molecule has 1 aliphatic heterocycles. The molecule has 0 spiro atoms. The van der Waals surface area contributed by atoms with Crippen LogP contribution in [0.5, 0.6) is 0 Å². The Morgan fingerprint density at radius 2 is 2.05 bits per heavy atom. The van der Waals surface area contributed by atoms with Gasteiger partial charge in [0.2, 0.25) is 5.91 Å². The number of hydrogen-bond acceptors (Lipinski definition) is 3. The number of nitrogens with zero attached hydrogens (tertiary/aromatic N) is 1. The van der Waals surface area contributed by atoms with Crippen LogP contribution in [0, 0.1) is 11.8 Å². The maximum Gasteiger partial charge on any atom is 0.225 e. The monoisotopic (exact) mass is 268 g/mol. The molecule has 2 aliphatic rings. The molecule has 1 saturated carbocycles. The van der Waals surface area contributed by atoms with E-state index in [0.29, 0.717) is 18.0 Å². The molecule has 0 bridgehead atoms. The number of nitrogens with one attached hydrogen (secondary N) is 1. The second kappa shape index (κ2) is 6.71. The maximum absolute atomic E-state index is 12.2. The summed E-state index contributed by atoms with van der Waals surface area (Å²) in [6.45, 7) is 5.95. The molecular weight excluding hydrogens is 240 g/mol. The molecule has 1 amide bonds. The standard InChI is InChI=1S/C15H28N2O2/c1-11(2)15(19)17-9-12(4-3-7-18)8-14(10-17)16-13-5-6-13/h11-14,16,18H,3-10H2,1-2H3. The van der Waals surface area contributed by atoms with Crippen LogP contribution in [0.4, 0.5) is 0 Å². The number of aliphatic hydroxyl groups is 1. The quantitative estimate of drug-likeness (QED) is 0.765. The number of carbonyl (C=O) groups excluding carboxylic acids is 1. The Morgan fingerprint density at radius 3 is 2.63 bits per heavy atom. The van der Waals surface area contributed by atoms with Gasteiger partial charge in [0, 0.05) is 37.7 Å². The zero-order valence-electron chi connectivity index (χ0n) is 12.3. The molecule has 1 heterocycles. The Labute approximate surface area is 116 Å².